The number of imide groups is 2. The number of rotatable bonds is 2. The molecule has 4 amide bonds. The highest BCUT2D eigenvalue weighted by Crippen LogP contribution is 2.61. The van der Waals surface area contributed by atoms with Crippen LogP contribution in [0.2, 0.25) is 0 Å². The number of carbonyl (C=O) groups is 4. The van der Waals surface area contributed by atoms with Gasteiger partial charge in [-0.25, -0.2) is 4.90 Å². The molecule has 0 unspecified atom stereocenters. The van der Waals surface area contributed by atoms with Crippen LogP contribution < -0.4 is 9.80 Å². The van der Waals surface area contributed by atoms with Crippen molar-refractivity contribution >= 4 is 35.0 Å². The molecular formula is C28H20N2O4. The lowest BCUT2D eigenvalue weighted by Crippen LogP contribution is -2.41. The Labute approximate surface area is 195 Å². The molecule has 0 spiro atoms. The van der Waals surface area contributed by atoms with E-state index in [1.807, 2.05) is 24.3 Å². The predicted octanol–water partition coefficient (Wildman–Crippen LogP) is 3.74. The highest BCUT2D eigenvalue weighted by Gasteiger charge is 2.61. The summed E-state index contributed by atoms with van der Waals surface area (Å²) in [7, 11) is 0. The maximum Gasteiger partial charge on any atom is 0.238 e. The Bertz CT molecular complexity index is 1290. The van der Waals surface area contributed by atoms with E-state index in [9.17, 15) is 19.2 Å². The number of hydrogen-bond acceptors (Lipinski definition) is 4. The topological polar surface area (TPSA) is 74.8 Å². The first kappa shape index (κ1) is 19.4. The van der Waals surface area contributed by atoms with E-state index in [2.05, 4.69) is 24.3 Å². The minimum absolute atomic E-state index is 0.150. The van der Waals surface area contributed by atoms with E-state index >= 15 is 0 Å². The molecule has 2 fully saturated rings. The molecule has 0 radical (unpaired) electrons. The zero-order valence-corrected chi connectivity index (χ0v) is 18.2. The molecule has 3 aromatic rings. The lowest BCUT2D eigenvalue weighted by Gasteiger charge is -2.45. The number of benzene rings is 3. The maximum atomic E-state index is 13.8. The molecular weight excluding hydrogens is 428 g/mol. The van der Waals surface area contributed by atoms with Crippen LogP contribution in [0, 0.1) is 11.8 Å². The molecule has 2 atom stereocenters. The van der Waals surface area contributed by atoms with Crippen LogP contribution in [0.1, 0.15) is 46.9 Å². The van der Waals surface area contributed by atoms with Gasteiger partial charge in [0.25, 0.3) is 0 Å². The molecule has 0 saturated carbocycles. The van der Waals surface area contributed by atoms with Gasteiger partial charge in [-0.05, 0) is 46.5 Å². The summed E-state index contributed by atoms with van der Waals surface area (Å²) in [5.74, 6) is -2.02. The predicted molar refractivity (Wildman–Crippen MR) is 124 cm³/mol. The standard InChI is InChI=1S/C28H20N2O4/c31-21-13-14-22(32)29(21)15-9-11-16(12-10-15)30-27(33)25-23-17-5-1-2-6-18(17)24(26(25)28(30)34)20-8-4-3-7-19(20)23/h1-12,23-26H,13-14H2/t23?,24?,25-,26-/m0/s1. The lowest BCUT2D eigenvalue weighted by molar-refractivity contribution is -0.123. The molecule has 6 heteroatoms. The van der Waals surface area contributed by atoms with Gasteiger partial charge >= 0.3 is 0 Å². The summed E-state index contributed by atoms with van der Waals surface area (Å²) in [5, 5.41) is 0. The molecule has 2 saturated heterocycles. The summed E-state index contributed by atoms with van der Waals surface area (Å²) in [6.07, 6.45) is 0.411. The number of nitrogens with zero attached hydrogens (tertiary/aromatic N) is 2. The second-order valence-electron chi connectivity index (χ2n) is 9.42. The molecule has 3 aromatic carbocycles. The first-order valence-electron chi connectivity index (χ1n) is 11.6. The highest BCUT2D eigenvalue weighted by atomic mass is 16.2. The van der Waals surface area contributed by atoms with Crippen molar-refractivity contribution in [2.75, 3.05) is 9.80 Å². The van der Waals surface area contributed by atoms with Crippen LogP contribution in [0.4, 0.5) is 11.4 Å². The molecule has 0 N–H and O–H groups in total. The third kappa shape index (κ3) is 2.35. The number of carbonyl (C=O) groups excluding carboxylic acids is 4. The van der Waals surface area contributed by atoms with Crippen molar-refractivity contribution in [2.45, 2.75) is 24.7 Å². The zero-order valence-electron chi connectivity index (χ0n) is 18.2. The maximum absolute atomic E-state index is 13.8. The number of hydrogen-bond donors (Lipinski definition) is 0. The molecule has 0 aromatic heterocycles. The average molecular weight is 448 g/mol. The van der Waals surface area contributed by atoms with Gasteiger partial charge < -0.3 is 0 Å². The second-order valence-corrected chi connectivity index (χ2v) is 9.42. The molecule has 6 nitrogen and oxygen atoms in total. The van der Waals surface area contributed by atoms with Crippen molar-refractivity contribution in [1.29, 1.82) is 0 Å². The zero-order chi connectivity index (χ0) is 23.1. The van der Waals surface area contributed by atoms with Gasteiger partial charge in [-0.2, -0.15) is 0 Å². The SMILES string of the molecule is O=C1CCC(=O)N1c1ccc(N2C(=O)[C@H]3C4c5ccccc5C(c5ccccc54)[C@@H]3C2=O)cc1. The van der Waals surface area contributed by atoms with Gasteiger partial charge in [-0.1, -0.05) is 48.5 Å². The van der Waals surface area contributed by atoms with E-state index in [-0.39, 0.29) is 48.3 Å². The van der Waals surface area contributed by atoms with Crippen molar-refractivity contribution in [3.8, 4) is 0 Å². The van der Waals surface area contributed by atoms with E-state index in [0.717, 1.165) is 22.3 Å². The Morgan fingerprint density at radius 3 is 1.24 bits per heavy atom. The molecule has 2 bridgehead atoms. The summed E-state index contributed by atoms with van der Waals surface area (Å²) in [5.41, 5.74) is 5.48. The normalized spacial score (nSPS) is 26.7. The summed E-state index contributed by atoms with van der Waals surface area (Å²) in [6, 6.07) is 22.9. The Morgan fingerprint density at radius 2 is 0.853 bits per heavy atom. The van der Waals surface area contributed by atoms with E-state index in [1.165, 1.54) is 9.80 Å². The summed E-state index contributed by atoms with van der Waals surface area (Å²) in [4.78, 5) is 54.2. The molecule has 3 aliphatic carbocycles. The fraction of sp³-hybridized carbons (Fsp3) is 0.214. The Kier molecular flexibility index (Phi) is 3.84. The van der Waals surface area contributed by atoms with Gasteiger partial charge in [0, 0.05) is 24.7 Å². The molecule has 2 aliphatic heterocycles. The quantitative estimate of drug-likeness (QED) is 0.560. The summed E-state index contributed by atoms with van der Waals surface area (Å²) < 4.78 is 0. The highest BCUT2D eigenvalue weighted by molar-refractivity contribution is 6.24. The minimum atomic E-state index is -0.441. The van der Waals surface area contributed by atoms with Gasteiger partial charge in [0.2, 0.25) is 23.6 Å². The Hall–Kier alpha value is -4.06. The first-order valence-corrected chi connectivity index (χ1v) is 11.6. The fourth-order valence-electron chi connectivity index (χ4n) is 6.55. The van der Waals surface area contributed by atoms with Crippen molar-refractivity contribution < 1.29 is 19.2 Å². The number of anilines is 2. The van der Waals surface area contributed by atoms with Gasteiger partial charge in [-0.3, -0.25) is 24.1 Å². The van der Waals surface area contributed by atoms with E-state index in [1.54, 1.807) is 24.3 Å². The van der Waals surface area contributed by atoms with Crippen molar-refractivity contribution in [3.05, 3.63) is 95.1 Å². The monoisotopic (exact) mass is 448 g/mol. The summed E-state index contributed by atoms with van der Waals surface area (Å²) in [6.45, 7) is 0. The van der Waals surface area contributed by atoms with Crippen LogP contribution in [-0.2, 0) is 19.2 Å². The van der Waals surface area contributed by atoms with E-state index < -0.39 is 11.8 Å². The van der Waals surface area contributed by atoms with Gasteiger partial charge in [0.05, 0.1) is 23.2 Å². The second kappa shape index (κ2) is 6.73. The third-order valence-corrected chi connectivity index (χ3v) is 7.87. The first-order chi connectivity index (χ1) is 16.6. The van der Waals surface area contributed by atoms with Crippen LogP contribution in [0.15, 0.2) is 72.8 Å². The molecule has 166 valence electrons. The Morgan fingerprint density at radius 1 is 0.500 bits per heavy atom. The van der Waals surface area contributed by atoms with Gasteiger partial charge in [0.15, 0.2) is 0 Å². The van der Waals surface area contributed by atoms with Crippen LogP contribution in [0.3, 0.4) is 0 Å². The number of amides is 4. The minimum Gasteiger partial charge on any atom is -0.274 e. The van der Waals surface area contributed by atoms with Crippen molar-refractivity contribution in [3.63, 3.8) is 0 Å². The Balaban J connectivity index is 1.31. The van der Waals surface area contributed by atoms with Gasteiger partial charge in [0.1, 0.15) is 0 Å². The van der Waals surface area contributed by atoms with E-state index in [4.69, 9.17) is 0 Å². The van der Waals surface area contributed by atoms with Crippen molar-refractivity contribution in [1.82, 2.24) is 0 Å². The largest absolute Gasteiger partial charge is 0.274 e. The third-order valence-electron chi connectivity index (χ3n) is 7.87. The van der Waals surface area contributed by atoms with Crippen LogP contribution in [0.25, 0.3) is 0 Å². The van der Waals surface area contributed by atoms with Crippen LogP contribution >= 0.6 is 0 Å². The molecule has 34 heavy (non-hydrogen) atoms. The average Bonchev–Trinajstić information content (AvgIpc) is 3.34. The molecule has 8 rings (SSSR count). The smallest absolute Gasteiger partial charge is 0.238 e. The van der Waals surface area contributed by atoms with Gasteiger partial charge in [-0.15, -0.1) is 0 Å². The lowest BCUT2D eigenvalue weighted by atomic mass is 9.55. The van der Waals surface area contributed by atoms with Crippen molar-refractivity contribution in [2.24, 2.45) is 11.8 Å². The molecule has 2 heterocycles. The van der Waals surface area contributed by atoms with Crippen LogP contribution in [-0.4, -0.2) is 23.6 Å². The fourth-order valence-corrected chi connectivity index (χ4v) is 6.55. The van der Waals surface area contributed by atoms with Crippen LogP contribution in [0.5, 0.6) is 0 Å². The molecule has 5 aliphatic rings. The van der Waals surface area contributed by atoms with E-state index in [0.29, 0.717) is 11.4 Å². The summed E-state index contributed by atoms with van der Waals surface area (Å²) >= 11 is 0.